The Hall–Kier alpha value is -5.07. The van der Waals surface area contributed by atoms with Crippen molar-refractivity contribution in [3.05, 3.63) is 84.3 Å². The predicted octanol–water partition coefficient (Wildman–Crippen LogP) is 4.52. The van der Waals surface area contributed by atoms with Gasteiger partial charge in [0.1, 0.15) is 31.1 Å². The lowest BCUT2D eigenvalue weighted by Crippen LogP contribution is -2.09. The number of fused-ring (bicyclic) bond motifs is 1. The van der Waals surface area contributed by atoms with E-state index in [4.69, 9.17) is 23.7 Å². The molecule has 12 nitrogen and oxygen atoms in total. The highest BCUT2D eigenvalue weighted by Gasteiger charge is 2.14. The fourth-order valence-electron chi connectivity index (χ4n) is 4.36. The summed E-state index contributed by atoms with van der Waals surface area (Å²) >= 11 is 0. The molecule has 0 aliphatic rings. The number of aromatic nitrogens is 5. The second-order valence-corrected chi connectivity index (χ2v) is 9.42. The van der Waals surface area contributed by atoms with E-state index in [1.54, 1.807) is 31.0 Å². The number of ether oxygens (including phenoxy) is 5. The minimum absolute atomic E-state index is 0.360. The van der Waals surface area contributed by atoms with Gasteiger partial charge in [-0.15, -0.1) is 5.10 Å². The number of nitrogens with one attached hydrogen (secondary N) is 1. The summed E-state index contributed by atoms with van der Waals surface area (Å²) in [5, 5.41) is 12.8. The van der Waals surface area contributed by atoms with Crippen LogP contribution in [0.15, 0.2) is 73.2 Å². The maximum absolute atomic E-state index is 11.9. The van der Waals surface area contributed by atoms with Gasteiger partial charge in [0.25, 0.3) is 0 Å². The third kappa shape index (κ3) is 7.42. The molecule has 0 fully saturated rings. The number of hydrogen-bond donors (Lipinski definition) is 1. The number of rotatable bonds is 14. The average molecular weight is 585 g/mol. The van der Waals surface area contributed by atoms with Crippen LogP contribution in [0.2, 0.25) is 0 Å². The Morgan fingerprint density at radius 1 is 0.860 bits per heavy atom. The van der Waals surface area contributed by atoms with Gasteiger partial charge in [-0.25, -0.2) is 19.4 Å². The normalized spacial score (nSPS) is 11.0. The van der Waals surface area contributed by atoms with Gasteiger partial charge in [-0.3, -0.25) is 0 Å². The Morgan fingerprint density at radius 2 is 1.63 bits per heavy atom. The third-order valence-corrected chi connectivity index (χ3v) is 6.44. The number of benzene rings is 3. The number of hydrogen-bond acceptors (Lipinski definition) is 11. The Labute approximate surface area is 248 Å². The molecule has 5 aromatic rings. The lowest BCUT2D eigenvalue weighted by molar-refractivity contribution is 0.0600. The molecular formula is C31H32N6O6. The SMILES string of the molecule is COCCOc1cc2ncnc(Nc3cccc(-c4cn(Cc5cccc(C(=O)OC)c5)nn4)c3)c2cc1OCCOC. The van der Waals surface area contributed by atoms with Gasteiger partial charge in [-0.1, -0.05) is 29.5 Å². The Kier molecular flexibility index (Phi) is 9.72. The largest absolute Gasteiger partial charge is 0.487 e. The molecular weight excluding hydrogens is 552 g/mol. The minimum Gasteiger partial charge on any atom is -0.487 e. The van der Waals surface area contributed by atoms with Crippen molar-refractivity contribution >= 4 is 28.4 Å². The zero-order valence-electron chi connectivity index (χ0n) is 24.1. The van der Waals surface area contributed by atoms with E-state index in [1.165, 1.54) is 13.4 Å². The maximum Gasteiger partial charge on any atom is 0.337 e. The van der Waals surface area contributed by atoms with Crippen molar-refractivity contribution in [2.75, 3.05) is 53.1 Å². The smallest absolute Gasteiger partial charge is 0.337 e. The summed E-state index contributed by atoms with van der Waals surface area (Å²) in [6.45, 7) is 2.06. The summed E-state index contributed by atoms with van der Waals surface area (Å²) in [5.74, 6) is 1.34. The molecule has 43 heavy (non-hydrogen) atoms. The molecule has 0 spiro atoms. The van der Waals surface area contributed by atoms with Crippen molar-refractivity contribution in [3.63, 3.8) is 0 Å². The molecule has 12 heteroatoms. The summed E-state index contributed by atoms with van der Waals surface area (Å²) < 4.78 is 28.6. The summed E-state index contributed by atoms with van der Waals surface area (Å²) in [7, 11) is 4.60. The second-order valence-electron chi connectivity index (χ2n) is 9.42. The van der Waals surface area contributed by atoms with E-state index in [9.17, 15) is 4.79 Å². The summed E-state index contributed by atoms with van der Waals surface area (Å²) in [6, 6.07) is 18.7. The number of carbonyl (C=O) groups is 1. The lowest BCUT2D eigenvalue weighted by atomic mass is 10.1. The van der Waals surface area contributed by atoms with Crippen LogP contribution >= 0.6 is 0 Å². The first-order valence-corrected chi connectivity index (χ1v) is 13.5. The van der Waals surface area contributed by atoms with Crippen molar-refractivity contribution in [1.29, 1.82) is 0 Å². The lowest BCUT2D eigenvalue weighted by Gasteiger charge is -2.15. The molecule has 0 radical (unpaired) electrons. The molecule has 0 bridgehead atoms. The highest BCUT2D eigenvalue weighted by atomic mass is 16.5. The molecule has 0 atom stereocenters. The fourth-order valence-corrected chi connectivity index (χ4v) is 4.36. The van der Waals surface area contributed by atoms with E-state index in [-0.39, 0.29) is 5.97 Å². The van der Waals surface area contributed by atoms with Crippen LogP contribution in [-0.2, 0) is 20.8 Å². The van der Waals surface area contributed by atoms with Gasteiger partial charge >= 0.3 is 5.97 Å². The summed E-state index contributed by atoms with van der Waals surface area (Å²) in [5.41, 5.74) is 4.46. The van der Waals surface area contributed by atoms with E-state index in [0.29, 0.717) is 67.1 Å². The zero-order valence-corrected chi connectivity index (χ0v) is 24.1. The van der Waals surface area contributed by atoms with Crippen LogP contribution in [-0.4, -0.2) is 78.7 Å². The van der Waals surface area contributed by atoms with E-state index < -0.39 is 0 Å². The van der Waals surface area contributed by atoms with Gasteiger partial charge in [-0.05, 0) is 35.9 Å². The van der Waals surface area contributed by atoms with Gasteiger partial charge < -0.3 is 29.0 Å². The number of esters is 1. The van der Waals surface area contributed by atoms with Crippen molar-refractivity contribution in [2.24, 2.45) is 0 Å². The van der Waals surface area contributed by atoms with E-state index >= 15 is 0 Å². The quantitative estimate of drug-likeness (QED) is 0.146. The predicted molar refractivity (Wildman–Crippen MR) is 160 cm³/mol. The Bertz CT molecular complexity index is 1690. The molecule has 0 unspecified atom stereocenters. The molecule has 0 saturated heterocycles. The zero-order chi connectivity index (χ0) is 30.0. The second kappa shape index (κ2) is 14.2. The Balaban J connectivity index is 1.36. The molecule has 222 valence electrons. The van der Waals surface area contributed by atoms with Crippen molar-refractivity contribution < 1.29 is 28.5 Å². The van der Waals surface area contributed by atoms with E-state index in [1.807, 2.05) is 54.7 Å². The maximum atomic E-state index is 11.9. The number of methoxy groups -OCH3 is 3. The minimum atomic E-state index is -0.382. The van der Waals surface area contributed by atoms with Crippen molar-refractivity contribution in [1.82, 2.24) is 25.0 Å². The molecule has 0 aliphatic carbocycles. The van der Waals surface area contributed by atoms with Gasteiger partial charge in [0.2, 0.25) is 0 Å². The van der Waals surface area contributed by atoms with E-state index in [2.05, 4.69) is 25.6 Å². The van der Waals surface area contributed by atoms with E-state index in [0.717, 1.165) is 22.2 Å². The van der Waals surface area contributed by atoms with Crippen LogP contribution in [0, 0.1) is 0 Å². The van der Waals surface area contributed by atoms with Crippen LogP contribution < -0.4 is 14.8 Å². The van der Waals surface area contributed by atoms with Crippen LogP contribution in [0.1, 0.15) is 15.9 Å². The monoisotopic (exact) mass is 584 g/mol. The standard InChI is InChI=1S/C31H32N6O6/c1-39-10-12-42-28-16-25-26(17-29(28)43-13-11-40-2)32-20-33-30(25)34-24-9-5-7-22(15-24)27-19-37(36-35-27)18-21-6-4-8-23(14-21)31(38)41-3/h4-9,14-17,19-20H,10-13,18H2,1-3H3,(H,32,33,34). The topological polar surface area (TPSA) is 132 Å². The number of nitrogens with zero attached hydrogens (tertiary/aromatic N) is 5. The van der Waals surface area contributed by atoms with Crippen LogP contribution in [0.3, 0.4) is 0 Å². The van der Waals surface area contributed by atoms with Crippen LogP contribution in [0.25, 0.3) is 22.2 Å². The molecule has 0 amide bonds. The number of anilines is 2. The third-order valence-electron chi connectivity index (χ3n) is 6.44. The molecule has 0 aliphatic heterocycles. The van der Waals surface area contributed by atoms with Crippen molar-refractivity contribution in [2.45, 2.75) is 6.54 Å². The highest BCUT2D eigenvalue weighted by Crippen LogP contribution is 2.35. The van der Waals surface area contributed by atoms with Gasteiger partial charge in [-0.2, -0.15) is 0 Å². The van der Waals surface area contributed by atoms with Crippen LogP contribution in [0.5, 0.6) is 11.5 Å². The molecule has 2 aromatic heterocycles. The molecule has 2 heterocycles. The fraction of sp³-hybridized carbons (Fsp3) is 0.258. The van der Waals surface area contributed by atoms with Crippen molar-refractivity contribution in [3.8, 4) is 22.8 Å². The first kappa shape index (κ1) is 29.4. The Morgan fingerprint density at radius 3 is 2.40 bits per heavy atom. The van der Waals surface area contributed by atoms with Crippen LogP contribution in [0.4, 0.5) is 11.5 Å². The molecule has 5 rings (SSSR count). The molecule has 3 aromatic carbocycles. The van der Waals surface area contributed by atoms with Gasteiger partial charge in [0.15, 0.2) is 11.5 Å². The van der Waals surface area contributed by atoms with Gasteiger partial charge in [0, 0.05) is 36.9 Å². The first-order valence-electron chi connectivity index (χ1n) is 13.5. The first-order chi connectivity index (χ1) is 21.1. The number of carbonyl (C=O) groups excluding carboxylic acids is 1. The average Bonchev–Trinajstić information content (AvgIpc) is 3.50. The summed E-state index contributed by atoms with van der Waals surface area (Å²) in [4.78, 5) is 20.8. The highest BCUT2D eigenvalue weighted by molar-refractivity contribution is 5.93. The molecule has 0 saturated carbocycles. The molecule has 1 N–H and O–H groups in total. The summed E-state index contributed by atoms with van der Waals surface area (Å²) in [6.07, 6.45) is 3.36. The van der Waals surface area contributed by atoms with Gasteiger partial charge in [0.05, 0.1) is 44.1 Å².